The lowest BCUT2D eigenvalue weighted by molar-refractivity contribution is -0.199. The molecule has 2 heterocycles. The Balaban J connectivity index is 2.36. The van der Waals surface area contributed by atoms with Crippen molar-refractivity contribution >= 4 is 16.0 Å². The van der Waals surface area contributed by atoms with Crippen molar-refractivity contribution in [2.24, 2.45) is 0 Å². The predicted molar refractivity (Wildman–Crippen MR) is 92.1 cm³/mol. The van der Waals surface area contributed by atoms with Gasteiger partial charge in [-0.2, -0.15) is 13.2 Å². The second-order valence-electron chi connectivity index (χ2n) is 5.56. The summed E-state index contributed by atoms with van der Waals surface area (Å²) in [5.41, 5.74) is -1.29. The van der Waals surface area contributed by atoms with Gasteiger partial charge >= 0.3 is 12.1 Å². The summed E-state index contributed by atoms with van der Waals surface area (Å²) in [6.07, 6.45) is -3.45. The highest BCUT2D eigenvalue weighted by atomic mass is 32.2. The number of carbonyl (C=O) groups is 1. The van der Waals surface area contributed by atoms with Gasteiger partial charge in [0.05, 0.1) is 23.3 Å². The number of sulfonamides is 1. The van der Waals surface area contributed by atoms with Crippen LogP contribution in [-0.4, -0.2) is 31.8 Å². The van der Waals surface area contributed by atoms with Crippen LogP contribution in [0.25, 0.3) is 0 Å². The Hall–Kier alpha value is -2.79. The van der Waals surface area contributed by atoms with E-state index in [0.717, 1.165) is 6.08 Å². The molecule has 1 unspecified atom stereocenters. The number of rotatable bonds is 6. The number of alkyl halides is 3. The smallest absolute Gasteiger partial charge is 0.430 e. The first-order chi connectivity index (χ1) is 13.0. The third-order valence-corrected chi connectivity index (χ3v) is 5.13. The summed E-state index contributed by atoms with van der Waals surface area (Å²) in [4.78, 5) is 10.9. The standard InChI is InChI=1S/C17H16F3NO6S/c1-3-13(28(24,25)21-9-12-5-4-6-26-12)7-11-8-14(16(22)23)15(17(18,19)20)27-10(11)2/h3-8,15,21H,2,9H2,1H3,(H,22,23)/b11-7-,13-3+. The minimum Gasteiger partial charge on any atom is -0.478 e. The largest absolute Gasteiger partial charge is 0.478 e. The number of carboxylic acids is 1. The van der Waals surface area contributed by atoms with E-state index in [2.05, 4.69) is 16.0 Å². The summed E-state index contributed by atoms with van der Waals surface area (Å²) >= 11 is 0. The number of nitrogens with one attached hydrogen (secondary N) is 1. The maximum absolute atomic E-state index is 13.0. The summed E-state index contributed by atoms with van der Waals surface area (Å²) in [7, 11) is -4.07. The maximum atomic E-state index is 13.0. The van der Waals surface area contributed by atoms with Gasteiger partial charge in [0.25, 0.3) is 0 Å². The molecule has 0 spiro atoms. The number of ether oxygens (including phenoxy) is 1. The van der Waals surface area contributed by atoms with Crippen LogP contribution in [0.1, 0.15) is 12.7 Å². The second kappa shape index (κ2) is 8.07. The van der Waals surface area contributed by atoms with Crippen molar-refractivity contribution in [2.45, 2.75) is 25.7 Å². The number of aliphatic carboxylic acids is 1. The van der Waals surface area contributed by atoms with Gasteiger partial charge in [0.1, 0.15) is 11.5 Å². The minimum atomic E-state index is -4.97. The molecule has 2 rings (SSSR count). The first-order valence-electron chi connectivity index (χ1n) is 7.73. The number of furan rings is 1. The lowest BCUT2D eigenvalue weighted by Gasteiger charge is -2.28. The van der Waals surface area contributed by atoms with Gasteiger partial charge in [-0.3, -0.25) is 0 Å². The molecule has 1 aliphatic heterocycles. The summed E-state index contributed by atoms with van der Waals surface area (Å²) in [6, 6.07) is 3.12. The van der Waals surface area contributed by atoms with E-state index >= 15 is 0 Å². The van der Waals surface area contributed by atoms with E-state index in [1.807, 2.05) is 0 Å². The molecule has 152 valence electrons. The maximum Gasteiger partial charge on any atom is 0.430 e. The van der Waals surface area contributed by atoms with Crippen LogP contribution < -0.4 is 4.72 Å². The van der Waals surface area contributed by atoms with Crippen LogP contribution in [0.5, 0.6) is 0 Å². The molecule has 1 aromatic heterocycles. The Morgan fingerprint density at radius 2 is 2.11 bits per heavy atom. The van der Waals surface area contributed by atoms with E-state index in [4.69, 9.17) is 9.52 Å². The average Bonchev–Trinajstić information content (AvgIpc) is 3.11. The van der Waals surface area contributed by atoms with E-state index in [1.54, 1.807) is 12.1 Å². The number of carboxylic acid groups (broad SMARTS) is 1. The number of hydrogen-bond acceptors (Lipinski definition) is 5. The molecule has 11 heteroatoms. The third-order valence-electron chi connectivity index (χ3n) is 3.63. The molecule has 7 nitrogen and oxygen atoms in total. The number of allylic oxidation sites excluding steroid dienone is 3. The highest BCUT2D eigenvalue weighted by Crippen LogP contribution is 2.36. The first-order valence-corrected chi connectivity index (χ1v) is 9.21. The zero-order valence-electron chi connectivity index (χ0n) is 14.5. The summed E-state index contributed by atoms with van der Waals surface area (Å²) in [5, 5.41) is 9.06. The molecule has 0 saturated carbocycles. The van der Waals surface area contributed by atoms with Gasteiger partial charge in [-0.05, 0) is 31.2 Å². The van der Waals surface area contributed by atoms with E-state index in [0.29, 0.717) is 11.8 Å². The van der Waals surface area contributed by atoms with Crippen LogP contribution in [-0.2, 0) is 26.1 Å². The van der Waals surface area contributed by atoms with E-state index in [1.165, 1.54) is 19.3 Å². The second-order valence-corrected chi connectivity index (χ2v) is 7.33. The zero-order chi connectivity index (χ0) is 21.1. The third kappa shape index (κ3) is 4.93. The van der Waals surface area contributed by atoms with Gasteiger partial charge in [0.15, 0.2) is 0 Å². The molecule has 2 N–H and O–H groups in total. The molecule has 0 bridgehead atoms. The molecule has 1 atom stereocenters. The van der Waals surface area contributed by atoms with Gasteiger partial charge in [-0.1, -0.05) is 12.7 Å². The highest BCUT2D eigenvalue weighted by molar-refractivity contribution is 7.93. The fourth-order valence-corrected chi connectivity index (χ4v) is 3.36. The average molecular weight is 419 g/mol. The van der Waals surface area contributed by atoms with Gasteiger partial charge in [0.2, 0.25) is 16.1 Å². The molecule has 28 heavy (non-hydrogen) atoms. The van der Waals surface area contributed by atoms with E-state index < -0.39 is 39.6 Å². The molecular formula is C17H16F3NO6S. The molecule has 0 aromatic carbocycles. The fraction of sp³-hybridized carbons (Fsp3) is 0.235. The zero-order valence-corrected chi connectivity index (χ0v) is 15.3. The van der Waals surface area contributed by atoms with Crippen LogP contribution in [0, 0.1) is 0 Å². The summed E-state index contributed by atoms with van der Waals surface area (Å²) in [5.74, 6) is -2.01. The van der Waals surface area contributed by atoms with Crippen molar-refractivity contribution in [3.05, 3.63) is 70.8 Å². The Kier molecular flexibility index (Phi) is 6.20. The molecule has 1 aromatic rings. The normalized spacial score (nSPS) is 20.1. The van der Waals surface area contributed by atoms with Gasteiger partial charge < -0.3 is 14.3 Å². The Morgan fingerprint density at radius 3 is 2.61 bits per heavy atom. The first kappa shape index (κ1) is 21.5. The van der Waals surface area contributed by atoms with Crippen LogP contribution in [0.2, 0.25) is 0 Å². The molecular weight excluding hydrogens is 403 g/mol. The minimum absolute atomic E-state index is 0.153. The van der Waals surface area contributed by atoms with Gasteiger partial charge in [-0.15, -0.1) is 0 Å². The van der Waals surface area contributed by atoms with Crippen molar-refractivity contribution in [3.63, 3.8) is 0 Å². The lowest BCUT2D eigenvalue weighted by atomic mass is 10.0. The predicted octanol–water partition coefficient (Wildman–Crippen LogP) is 3.02. The highest BCUT2D eigenvalue weighted by Gasteiger charge is 2.48. The molecule has 0 aliphatic carbocycles. The van der Waals surface area contributed by atoms with Crippen LogP contribution in [0.3, 0.4) is 0 Å². The van der Waals surface area contributed by atoms with Crippen LogP contribution in [0.4, 0.5) is 13.2 Å². The Labute approximate surface area is 158 Å². The summed E-state index contributed by atoms with van der Waals surface area (Å²) < 4.78 is 75.7. The van der Waals surface area contributed by atoms with Crippen LogP contribution in [0.15, 0.2) is 69.4 Å². The van der Waals surface area contributed by atoms with Gasteiger partial charge in [0, 0.05) is 5.57 Å². The Morgan fingerprint density at radius 1 is 1.43 bits per heavy atom. The van der Waals surface area contributed by atoms with E-state index in [9.17, 15) is 26.4 Å². The topological polar surface area (TPSA) is 106 Å². The molecule has 0 radical (unpaired) electrons. The monoisotopic (exact) mass is 419 g/mol. The molecule has 0 amide bonds. The van der Waals surface area contributed by atoms with Crippen LogP contribution >= 0.6 is 0 Å². The summed E-state index contributed by atoms with van der Waals surface area (Å²) in [6.45, 7) is 4.56. The fourth-order valence-electron chi connectivity index (χ4n) is 2.27. The quantitative estimate of drug-likeness (QED) is 0.734. The number of hydrogen-bond donors (Lipinski definition) is 2. The number of halogens is 3. The molecule has 1 aliphatic rings. The van der Waals surface area contributed by atoms with Crippen molar-refractivity contribution in [3.8, 4) is 0 Å². The van der Waals surface area contributed by atoms with Crippen molar-refractivity contribution < 1.29 is 40.6 Å². The van der Waals surface area contributed by atoms with E-state index in [-0.39, 0.29) is 17.0 Å². The van der Waals surface area contributed by atoms with Crippen molar-refractivity contribution in [1.29, 1.82) is 0 Å². The van der Waals surface area contributed by atoms with Crippen molar-refractivity contribution in [1.82, 2.24) is 4.72 Å². The van der Waals surface area contributed by atoms with Crippen molar-refractivity contribution in [2.75, 3.05) is 0 Å². The van der Waals surface area contributed by atoms with Gasteiger partial charge in [-0.25, -0.2) is 17.9 Å². The SMILES string of the molecule is C=C1OC(C(F)(F)F)C(C(=O)O)=C/C1=C/C(=C\C)S(=O)(=O)NCc1ccco1. The Bertz CT molecular complexity index is 956. The molecule has 0 fully saturated rings. The molecule has 0 saturated heterocycles. The lowest BCUT2D eigenvalue weighted by Crippen LogP contribution is -2.38.